The molecule has 0 spiro atoms. The summed E-state index contributed by atoms with van der Waals surface area (Å²) in [4.78, 5) is 11.1. The Hall–Kier alpha value is -1.57. The standard InChI is InChI=1S/C12H14O2.C2H6/c1-2-10-14-12(13)9-8-11-6-4-3-5-7-11;1-2/h3-9H,2,10H2,1H3;1-2H3/b9-8+;. The van der Waals surface area contributed by atoms with Crippen LogP contribution in [0.5, 0.6) is 0 Å². The normalized spacial score (nSPS) is 9.44. The molecule has 2 nitrogen and oxygen atoms in total. The number of hydrogen-bond donors (Lipinski definition) is 0. The average Bonchev–Trinajstić information content (AvgIpc) is 2.37. The van der Waals surface area contributed by atoms with E-state index in [1.54, 1.807) is 6.08 Å². The lowest BCUT2D eigenvalue weighted by Gasteiger charge is -1.97. The molecule has 0 saturated carbocycles. The van der Waals surface area contributed by atoms with Gasteiger partial charge in [-0.1, -0.05) is 51.1 Å². The van der Waals surface area contributed by atoms with E-state index in [0.29, 0.717) is 6.61 Å². The minimum absolute atomic E-state index is 0.282. The van der Waals surface area contributed by atoms with E-state index in [2.05, 4.69) is 0 Å². The third kappa shape index (κ3) is 6.82. The Labute approximate surface area is 97.9 Å². The highest BCUT2D eigenvalue weighted by Crippen LogP contribution is 2.00. The van der Waals surface area contributed by atoms with E-state index < -0.39 is 0 Å². The van der Waals surface area contributed by atoms with E-state index in [4.69, 9.17) is 4.74 Å². The first-order valence-corrected chi connectivity index (χ1v) is 5.73. The van der Waals surface area contributed by atoms with Crippen LogP contribution in [-0.4, -0.2) is 12.6 Å². The number of carbonyl (C=O) groups is 1. The van der Waals surface area contributed by atoms with Gasteiger partial charge >= 0.3 is 5.97 Å². The van der Waals surface area contributed by atoms with Crippen LogP contribution >= 0.6 is 0 Å². The average molecular weight is 220 g/mol. The lowest BCUT2D eigenvalue weighted by Crippen LogP contribution is -2.00. The second kappa shape index (κ2) is 9.97. The maximum Gasteiger partial charge on any atom is 0.330 e. The molecule has 0 fully saturated rings. The SMILES string of the molecule is CC.CCCOC(=O)/C=C/c1ccccc1. The first-order chi connectivity index (χ1) is 7.83. The minimum atomic E-state index is -0.282. The number of hydrogen-bond acceptors (Lipinski definition) is 2. The summed E-state index contributed by atoms with van der Waals surface area (Å²) in [5, 5.41) is 0. The Morgan fingerprint density at radius 1 is 1.25 bits per heavy atom. The Balaban J connectivity index is 0.00000106. The molecule has 0 aromatic heterocycles. The zero-order chi connectivity index (χ0) is 12.2. The van der Waals surface area contributed by atoms with Crippen molar-refractivity contribution < 1.29 is 9.53 Å². The van der Waals surface area contributed by atoms with E-state index in [1.165, 1.54) is 6.08 Å². The van der Waals surface area contributed by atoms with Gasteiger partial charge in [-0.25, -0.2) is 4.79 Å². The Bertz CT molecular complexity index is 302. The highest BCUT2D eigenvalue weighted by atomic mass is 16.5. The molecule has 0 radical (unpaired) electrons. The first-order valence-electron chi connectivity index (χ1n) is 5.73. The van der Waals surface area contributed by atoms with Gasteiger partial charge in [-0.2, -0.15) is 0 Å². The van der Waals surface area contributed by atoms with Crippen LogP contribution < -0.4 is 0 Å². The van der Waals surface area contributed by atoms with Crippen molar-refractivity contribution >= 4 is 12.0 Å². The van der Waals surface area contributed by atoms with Gasteiger partial charge in [0.1, 0.15) is 0 Å². The third-order valence-electron chi connectivity index (χ3n) is 1.66. The Morgan fingerprint density at radius 2 is 1.88 bits per heavy atom. The monoisotopic (exact) mass is 220 g/mol. The molecule has 0 unspecified atom stereocenters. The van der Waals surface area contributed by atoms with Gasteiger partial charge in [-0.15, -0.1) is 0 Å². The fourth-order valence-electron chi connectivity index (χ4n) is 0.979. The van der Waals surface area contributed by atoms with Crippen LogP contribution in [0, 0.1) is 0 Å². The van der Waals surface area contributed by atoms with Crippen molar-refractivity contribution in [3.63, 3.8) is 0 Å². The second-order valence-electron chi connectivity index (χ2n) is 2.91. The Morgan fingerprint density at radius 3 is 2.44 bits per heavy atom. The van der Waals surface area contributed by atoms with Crippen LogP contribution in [0.2, 0.25) is 0 Å². The molecule has 1 rings (SSSR count). The first kappa shape index (κ1) is 14.4. The molecular weight excluding hydrogens is 200 g/mol. The van der Waals surface area contributed by atoms with Crippen molar-refractivity contribution in [2.75, 3.05) is 6.61 Å². The maximum absolute atomic E-state index is 11.1. The van der Waals surface area contributed by atoms with Gasteiger partial charge in [-0.3, -0.25) is 0 Å². The molecule has 2 heteroatoms. The smallest absolute Gasteiger partial charge is 0.330 e. The minimum Gasteiger partial charge on any atom is -0.463 e. The largest absolute Gasteiger partial charge is 0.463 e. The van der Waals surface area contributed by atoms with Gasteiger partial charge < -0.3 is 4.74 Å². The summed E-state index contributed by atoms with van der Waals surface area (Å²) >= 11 is 0. The third-order valence-corrected chi connectivity index (χ3v) is 1.66. The summed E-state index contributed by atoms with van der Waals surface area (Å²) in [6.45, 7) is 6.45. The maximum atomic E-state index is 11.1. The molecule has 0 aliphatic heterocycles. The molecule has 0 saturated heterocycles. The van der Waals surface area contributed by atoms with Gasteiger partial charge in [-0.05, 0) is 18.1 Å². The molecular formula is C14H20O2. The molecule has 0 amide bonds. The number of ether oxygens (including phenoxy) is 1. The molecule has 1 aromatic carbocycles. The molecule has 0 heterocycles. The summed E-state index contributed by atoms with van der Waals surface area (Å²) in [6.07, 6.45) is 4.05. The molecule has 0 N–H and O–H groups in total. The summed E-state index contributed by atoms with van der Waals surface area (Å²) in [5.41, 5.74) is 1.00. The van der Waals surface area contributed by atoms with Gasteiger partial charge in [0.05, 0.1) is 6.61 Å². The lowest BCUT2D eigenvalue weighted by molar-refractivity contribution is -0.137. The van der Waals surface area contributed by atoms with Crippen LogP contribution in [0.3, 0.4) is 0 Å². The summed E-state index contributed by atoms with van der Waals surface area (Å²) < 4.78 is 4.89. The number of carbonyl (C=O) groups excluding carboxylic acids is 1. The zero-order valence-corrected chi connectivity index (χ0v) is 10.3. The number of benzene rings is 1. The van der Waals surface area contributed by atoms with Crippen molar-refractivity contribution in [1.82, 2.24) is 0 Å². The van der Waals surface area contributed by atoms with Crippen LogP contribution in [0.25, 0.3) is 6.08 Å². The topological polar surface area (TPSA) is 26.3 Å². The zero-order valence-electron chi connectivity index (χ0n) is 10.3. The molecule has 16 heavy (non-hydrogen) atoms. The van der Waals surface area contributed by atoms with Crippen molar-refractivity contribution in [3.8, 4) is 0 Å². The van der Waals surface area contributed by atoms with Crippen molar-refractivity contribution in [3.05, 3.63) is 42.0 Å². The predicted octanol–water partition coefficient (Wildman–Crippen LogP) is 3.68. The number of esters is 1. The van der Waals surface area contributed by atoms with E-state index in [-0.39, 0.29) is 5.97 Å². The van der Waals surface area contributed by atoms with Crippen molar-refractivity contribution in [1.29, 1.82) is 0 Å². The molecule has 1 aromatic rings. The molecule has 0 aliphatic carbocycles. The summed E-state index contributed by atoms with van der Waals surface area (Å²) in [5.74, 6) is -0.282. The van der Waals surface area contributed by atoms with Gasteiger partial charge in [0.2, 0.25) is 0 Å². The van der Waals surface area contributed by atoms with Crippen molar-refractivity contribution in [2.24, 2.45) is 0 Å². The lowest BCUT2D eigenvalue weighted by atomic mass is 10.2. The van der Waals surface area contributed by atoms with Crippen molar-refractivity contribution in [2.45, 2.75) is 27.2 Å². The molecule has 0 bridgehead atoms. The van der Waals surface area contributed by atoms with E-state index in [0.717, 1.165) is 12.0 Å². The number of rotatable bonds is 4. The van der Waals surface area contributed by atoms with E-state index in [9.17, 15) is 4.79 Å². The van der Waals surface area contributed by atoms with Crippen LogP contribution in [0.4, 0.5) is 0 Å². The van der Waals surface area contributed by atoms with E-state index >= 15 is 0 Å². The molecule has 0 atom stereocenters. The van der Waals surface area contributed by atoms with Crippen LogP contribution in [-0.2, 0) is 9.53 Å². The van der Waals surface area contributed by atoms with Gasteiger partial charge in [0.25, 0.3) is 0 Å². The molecule has 0 aliphatic rings. The quantitative estimate of drug-likeness (QED) is 0.571. The fourth-order valence-corrected chi connectivity index (χ4v) is 0.979. The fraction of sp³-hybridized carbons (Fsp3) is 0.357. The highest BCUT2D eigenvalue weighted by Gasteiger charge is 1.93. The highest BCUT2D eigenvalue weighted by molar-refractivity contribution is 5.86. The van der Waals surface area contributed by atoms with Gasteiger partial charge in [0.15, 0.2) is 0 Å². The van der Waals surface area contributed by atoms with E-state index in [1.807, 2.05) is 51.1 Å². The second-order valence-corrected chi connectivity index (χ2v) is 2.91. The van der Waals surface area contributed by atoms with Crippen LogP contribution in [0.1, 0.15) is 32.8 Å². The van der Waals surface area contributed by atoms with Crippen LogP contribution in [0.15, 0.2) is 36.4 Å². The predicted molar refractivity (Wildman–Crippen MR) is 68.1 cm³/mol. The van der Waals surface area contributed by atoms with Gasteiger partial charge in [0, 0.05) is 6.08 Å². The Kier molecular flexibility index (Phi) is 8.99. The summed E-state index contributed by atoms with van der Waals surface area (Å²) in [6, 6.07) is 9.66. The summed E-state index contributed by atoms with van der Waals surface area (Å²) in [7, 11) is 0. The molecule has 88 valence electrons.